The fraction of sp³-hybridized carbons (Fsp3) is 0.667. The van der Waals surface area contributed by atoms with Crippen LogP contribution >= 0.6 is 0 Å². The molecule has 0 aliphatic heterocycles. The average molecular weight is 248 g/mol. The lowest BCUT2D eigenvalue weighted by atomic mass is 10.1. The van der Waals surface area contributed by atoms with Crippen LogP contribution in [0.15, 0.2) is 18.6 Å². The Hall–Kier alpha value is -1.25. The largest absolute Gasteiger partial charge is 0.292 e. The highest BCUT2D eigenvalue weighted by Crippen LogP contribution is 2.10. The van der Waals surface area contributed by atoms with Crippen LogP contribution < -0.4 is 0 Å². The Balaban J connectivity index is 2.00. The lowest BCUT2D eigenvalue weighted by Gasteiger charge is -2.01. The number of hydrogen-bond donors (Lipinski definition) is 0. The van der Waals surface area contributed by atoms with Crippen LogP contribution in [0, 0.1) is 0 Å². The van der Waals surface area contributed by atoms with Crippen LogP contribution in [0.5, 0.6) is 0 Å². The van der Waals surface area contributed by atoms with Gasteiger partial charge in [-0.2, -0.15) is 0 Å². The van der Waals surface area contributed by atoms with Gasteiger partial charge in [0.25, 0.3) is 0 Å². The summed E-state index contributed by atoms with van der Waals surface area (Å²) in [6.45, 7) is 2.23. The molecule has 1 heterocycles. The Kier molecular flexibility index (Phi) is 8.02. The van der Waals surface area contributed by atoms with Crippen molar-refractivity contribution in [3.8, 4) is 0 Å². The average Bonchev–Trinajstić information content (AvgIpc) is 2.42. The number of nitrogens with zero attached hydrogens (tertiary/aromatic N) is 2. The highest BCUT2D eigenvalue weighted by Gasteiger charge is 2.06. The van der Waals surface area contributed by atoms with E-state index >= 15 is 0 Å². The smallest absolute Gasteiger partial charge is 0.182 e. The standard InChI is InChI=1S/C15H24N2O/c1-2-3-4-5-6-7-8-9-10-15(18)14-13-16-11-12-17-14/h11-13H,2-10H2,1H3. The van der Waals surface area contributed by atoms with Crippen molar-refractivity contribution in [1.29, 1.82) is 0 Å². The van der Waals surface area contributed by atoms with Gasteiger partial charge in [0.2, 0.25) is 0 Å². The van der Waals surface area contributed by atoms with Crippen molar-refractivity contribution in [1.82, 2.24) is 9.97 Å². The molecule has 0 saturated heterocycles. The van der Waals surface area contributed by atoms with Gasteiger partial charge in [-0.25, -0.2) is 4.98 Å². The Bertz CT molecular complexity index is 325. The van der Waals surface area contributed by atoms with Crippen LogP contribution in [0.4, 0.5) is 0 Å². The van der Waals surface area contributed by atoms with E-state index in [1.165, 1.54) is 38.5 Å². The van der Waals surface area contributed by atoms with Crippen LogP contribution in [-0.2, 0) is 0 Å². The van der Waals surface area contributed by atoms with E-state index in [4.69, 9.17) is 0 Å². The van der Waals surface area contributed by atoms with Crippen LogP contribution in [0.3, 0.4) is 0 Å². The number of ketones is 1. The highest BCUT2D eigenvalue weighted by molar-refractivity contribution is 5.93. The first-order chi connectivity index (χ1) is 8.84. The molecule has 0 N–H and O–H groups in total. The van der Waals surface area contributed by atoms with Crippen LogP contribution in [0.2, 0.25) is 0 Å². The zero-order chi connectivity index (χ0) is 13.1. The topological polar surface area (TPSA) is 42.9 Å². The van der Waals surface area contributed by atoms with E-state index in [1.54, 1.807) is 18.6 Å². The minimum absolute atomic E-state index is 0.120. The zero-order valence-electron chi connectivity index (χ0n) is 11.4. The van der Waals surface area contributed by atoms with Crippen molar-refractivity contribution < 1.29 is 4.79 Å². The molecule has 3 heteroatoms. The molecule has 100 valence electrons. The third-order valence-corrected chi connectivity index (χ3v) is 3.11. The maximum atomic E-state index is 11.7. The Morgan fingerprint density at radius 2 is 1.67 bits per heavy atom. The molecule has 0 aliphatic rings. The molecule has 0 unspecified atom stereocenters. The fourth-order valence-corrected chi connectivity index (χ4v) is 1.99. The van der Waals surface area contributed by atoms with Crippen molar-refractivity contribution in [3.63, 3.8) is 0 Å². The summed E-state index contributed by atoms with van der Waals surface area (Å²) in [5.74, 6) is 0.120. The third-order valence-electron chi connectivity index (χ3n) is 3.11. The molecule has 0 atom stereocenters. The molecular formula is C15H24N2O. The zero-order valence-corrected chi connectivity index (χ0v) is 11.4. The van der Waals surface area contributed by atoms with Gasteiger partial charge in [0.15, 0.2) is 5.78 Å². The quantitative estimate of drug-likeness (QED) is 0.460. The predicted molar refractivity (Wildman–Crippen MR) is 73.6 cm³/mol. The molecule has 1 aromatic rings. The summed E-state index contributed by atoms with van der Waals surface area (Å²) in [6, 6.07) is 0. The van der Waals surface area contributed by atoms with E-state index in [2.05, 4.69) is 16.9 Å². The normalized spacial score (nSPS) is 10.5. The second-order valence-corrected chi connectivity index (χ2v) is 4.74. The molecule has 0 aromatic carbocycles. The van der Waals surface area contributed by atoms with E-state index in [0.29, 0.717) is 12.1 Å². The van der Waals surface area contributed by atoms with E-state index in [-0.39, 0.29) is 5.78 Å². The van der Waals surface area contributed by atoms with Crippen LogP contribution in [0.1, 0.15) is 75.2 Å². The Labute approximate surface area is 110 Å². The van der Waals surface area contributed by atoms with Gasteiger partial charge in [0, 0.05) is 18.8 Å². The van der Waals surface area contributed by atoms with Gasteiger partial charge in [-0.1, -0.05) is 51.9 Å². The number of hydrogen-bond acceptors (Lipinski definition) is 3. The van der Waals surface area contributed by atoms with E-state index in [0.717, 1.165) is 12.8 Å². The molecular weight excluding hydrogens is 224 g/mol. The Morgan fingerprint density at radius 3 is 2.28 bits per heavy atom. The van der Waals surface area contributed by atoms with E-state index in [1.807, 2.05) is 0 Å². The summed E-state index contributed by atoms with van der Waals surface area (Å²) in [6.07, 6.45) is 15.3. The Morgan fingerprint density at radius 1 is 1.00 bits per heavy atom. The summed E-state index contributed by atoms with van der Waals surface area (Å²) >= 11 is 0. The first kappa shape index (κ1) is 14.8. The molecule has 0 radical (unpaired) electrons. The molecule has 18 heavy (non-hydrogen) atoms. The van der Waals surface area contributed by atoms with E-state index < -0.39 is 0 Å². The molecule has 0 amide bonds. The van der Waals surface area contributed by atoms with Crippen LogP contribution in [-0.4, -0.2) is 15.8 Å². The monoisotopic (exact) mass is 248 g/mol. The SMILES string of the molecule is CCCCCCCCCCC(=O)c1cnccn1. The van der Waals surface area contributed by atoms with Gasteiger partial charge in [-0.05, 0) is 6.42 Å². The molecule has 0 aliphatic carbocycles. The van der Waals surface area contributed by atoms with E-state index in [9.17, 15) is 4.79 Å². The summed E-state index contributed by atoms with van der Waals surface area (Å²) in [5.41, 5.74) is 0.500. The highest BCUT2D eigenvalue weighted by atomic mass is 16.1. The molecule has 1 rings (SSSR count). The molecule has 3 nitrogen and oxygen atoms in total. The minimum atomic E-state index is 0.120. The second-order valence-electron chi connectivity index (χ2n) is 4.74. The minimum Gasteiger partial charge on any atom is -0.292 e. The van der Waals surface area contributed by atoms with Crippen molar-refractivity contribution >= 4 is 5.78 Å². The molecule has 0 fully saturated rings. The number of carbonyl (C=O) groups is 1. The lowest BCUT2D eigenvalue weighted by Crippen LogP contribution is -2.02. The summed E-state index contributed by atoms with van der Waals surface area (Å²) in [4.78, 5) is 19.6. The molecule has 0 spiro atoms. The third kappa shape index (κ3) is 6.48. The maximum absolute atomic E-state index is 11.7. The number of carbonyl (C=O) groups excluding carboxylic acids is 1. The summed E-state index contributed by atoms with van der Waals surface area (Å²) in [7, 11) is 0. The predicted octanol–water partition coefficient (Wildman–Crippen LogP) is 4.19. The number of aromatic nitrogens is 2. The van der Waals surface area contributed by atoms with Crippen molar-refractivity contribution in [2.24, 2.45) is 0 Å². The lowest BCUT2D eigenvalue weighted by molar-refractivity contribution is 0.0974. The summed E-state index contributed by atoms with van der Waals surface area (Å²) < 4.78 is 0. The number of unbranched alkanes of at least 4 members (excludes halogenated alkanes) is 7. The fourth-order valence-electron chi connectivity index (χ4n) is 1.99. The summed E-state index contributed by atoms with van der Waals surface area (Å²) in [5, 5.41) is 0. The van der Waals surface area contributed by atoms with Gasteiger partial charge in [-0.15, -0.1) is 0 Å². The van der Waals surface area contributed by atoms with Crippen molar-refractivity contribution in [2.75, 3.05) is 0 Å². The molecule has 1 aromatic heterocycles. The van der Waals surface area contributed by atoms with Gasteiger partial charge < -0.3 is 0 Å². The van der Waals surface area contributed by atoms with Gasteiger partial charge >= 0.3 is 0 Å². The first-order valence-electron chi connectivity index (χ1n) is 7.13. The maximum Gasteiger partial charge on any atom is 0.182 e. The van der Waals surface area contributed by atoms with Crippen molar-refractivity contribution in [2.45, 2.75) is 64.7 Å². The number of Topliss-reactive ketones (excluding diaryl/α,β-unsaturated/α-hetero) is 1. The molecule has 0 bridgehead atoms. The molecule has 0 saturated carbocycles. The number of rotatable bonds is 10. The van der Waals surface area contributed by atoms with Gasteiger partial charge in [0.1, 0.15) is 5.69 Å². The van der Waals surface area contributed by atoms with Gasteiger partial charge in [0.05, 0.1) is 6.20 Å². The second kappa shape index (κ2) is 9.75. The first-order valence-corrected chi connectivity index (χ1v) is 7.13. The van der Waals surface area contributed by atoms with Gasteiger partial charge in [-0.3, -0.25) is 9.78 Å². The van der Waals surface area contributed by atoms with Crippen LogP contribution in [0.25, 0.3) is 0 Å². The van der Waals surface area contributed by atoms with Crippen molar-refractivity contribution in [3.05, 3.63) is 24.3 Å².